The molecular formula is C13H21N3O. The molecule has 0 fully saturated rings. The number of hydrogen-bond acceptors (Lipinski definition) is 2. The number of carbonyl (C=O) groups is 1. The summed E-state index contributed by atoms with van der Waals surface area (Å²) in [5.41, 5.74) is 0.829. The Kier molecular flexibility index (Phi) is 5.46. The molecule has 4 heteroatoms. The molecule has 2 atom stereocenters. The molecule has 1 amide bonds. The summed E-state index contributed by atoms with van der Waals surface area (Å²) in [6.45, 7) is 7.26. The molecule has 0 radical (unpaired) electrons. The van der Waals surface area contributed by atoms with Gasteiger partial charge in [-0.2, -0.15) is 0 Å². The molecule has 0 bridgehead atoms. The quantitative estimate of drug-likeness (QED) is 0.743. The summed E-state index contributed by atoms with van der Waals surface area (Å²) in [6, 6.07) is 0. The van der Waals surface area contributed by atoms with Gasteiger partial charge in [-0.15, -0.1) is 0 Å². The zero-order chi connectivity index (χ0) is 12.7. The molecule has 4 nitrogen and oxygen atoms in total. The van der Waals surface area contributed by atoms with Crippen LogP contribution < -0.4 is 5.32 Å². The number of nitrogens with one attached hydrogen (secondary N) is 2. The van der Waals surface area contributed by atoms with Crippen LogP contribution in [-0.2, 0) is 4.79 Å². The van der Waals surface area contributed by atoms with Gasteiger partial charge in [-0.1, -0.05) is 27.2 Å². The van der Waals surface area contributed by atoms with Crippen LogP contribution in [0.25, 0.3) is 6.08 Å². The molecule has 0 spiro atoms. The molecule has 1 aromatic heterocycles. The van der Waals surface area contributed by atoms with Gasteiger partial charge in [0.2, 0.25) is 5.91 Å². The van der Waals surface area contributed by atoms with E-state index >= 15 is 0 Å². The van der Waals surface area contributed by atoms with Crippen LogP contribution in [0.15, 0.2) is 18.6 Å². The van der Waals surface area contributed by atoms with Gasteiger partial charge in [-0.05, 0) is 17.9 Å². The molecular weight excluding hydrogens is 214 g/mol. The summed E-state index contributed by atoms with van der Waals surface area (Å²) in [6.07, 6.45) is 7.64. The van der Waals surface area contributed by atoms with Crippen molar-refractivity contribution in [1.29, 1.82) is 0 Å². The molecule has 0 saturated carbocycles. The van der Waals surface area contributed by atoms with Crippen LogP contribution in [-0.4, -0.2) is 22.4 Å². The van der Waals surface area contributed by atoms with Crippen molar-refractivity contribution < 1.29 is 4.79 Å². The van der Waals surface area contributed by atoms with Crippen LogP contribution in [0.1, 0.15) is 32.9 Å². The Bertz CT molecular complexity index is 357. The Morgan fingerprint density at radius 3 is 2.88 bits per heavy atom. The van der Waals surface area contributed by atoms with E-state index in [0.717, 1.165) is 18.7 Å². The first-order valence-electron chi connectivity index (χ1n) is 6.07. The maximum atomic E-state index is 11.5. The molecule has 2 unspecified atom stereocenters. The van der Waals surface area contributed by atoms with Crippen LogP contribution in [0.3, 0.4) is 0 Å². The van der Waals surface area contributed by atoms with Crippen LogP contribution in [0.5, 0.6) is 0 Å². The van der Waals surface area contributed by atoms with Crippen molar-refractivity contribution in [2.45, 2.75) is 27.2 Å². The van der Waals surface area contributed by atoms with E-state index in [1.54, 1.807) is 18.6 Å². The third-order valence-electron chi connectivity index (χ3n) is 3.15. The Hall–Kier alpha value is -1.58. The van der Waals surface area contributed by atoms with Crippen molar-refractivity contribution in [2.24, 2.45) is 11.8 Å². The standard InChI is InChI=1S/C13H21N3O/c1-4-10(2)11(3)7-15-13(17)6-5-12-8-14-9-16-12/h5-6,8-11H,4,7H2,1-3H3,(H,14,16)(H,15,17)/b6-5+. The van der Waals surface area contributed by atoms with Crippen LogP contribution >= 0.6 is 0 Å². The lowest BCUT2D eigenvalue weighted by Gasteiger charge is -2.17. The first kappa shape index (κ1) is 13.5. The summed E-state index contributed by atoms with van der Waals surface area (Å²) in [4.78, 5) is 18.3. The zero-order valence-corrected chi connectivity index (χ0v) is 10.7. The van der Waals surface area contributed by atoms with Crippen LogP contribution in [0.4, 0.5) is 0 Å². The van der Waals surface area contributed by atoms with Crippen molar-refractivity contribution in [3.05, 3.63) is 24.3 Å². The molecule has 1 aromatic rings. The smallest absolute Gasteiger partial charge is 0.244 e. The van der Waals surface area contributed by atoms with Gasteiger partial charge in [-0.3, -0.25) is 4.79 Å². The largest absolute Gasteiger partial charge is 0.352 e. The topological polar surface area (TPSA) is 57.8 Å². The Labute approximate surface area is 103 Å². The second-order valence-corrected chi connectivity index (χ2v) is 4.45. The van der Waals surface area contributed by atoms with Gasteiger partial charge in [0.15, 0.2) is 0 Å². The monoisotopic (exact) mass is 235 g/mol. The van der Waals surface area contributed by atoms with Gasteiger partial charge < -0.3 is 10.3 Å². The molecule has 0 aromatic carbocycles. The molecule has 0 aliphatic heterocycles. The number of H-pyrrole nitrogens is 1. The normalized spacial score (nSPS) is 14.8. The number of aromatic nitrogens is 2. The zero-order valence-electron chi connectivity index (χ0n) is 10.7. The van der Waals surface area contributed by atoms with Gasteiger partial charge in [0.1, 0.15) is 0 Å². The Morgan fingerprint density at radius 1 is 1.53 bits per heavy atom. The minimum atomic E-state index is -0.0604. The highest BCUT2D eigenvalue weighted by atomic mass is 16.1. The summed E-state index contributed by atoms with van der Waals surface area (Å²) in [5, 5.41) is 2.90. The van der Waals surface area contributed by atoms with E-state index in [0.29, 0.717) is 11.8 Å². The highest BCUT2D eigenvalue weighted by Gasteiger charge is 2.10. The first-order chi connectivity index (χ1) is 8.13. The van der Waals surface area contributed by atoms with Gasteiger partial charge in [0.05, 0.1) is 18.2 Å². The number of hydrogen-bond donors (Lipinski definition) is 2. The number of carbonyl (C=O) groups excluding carboxylic acids is 1. The van der Waals surface area contributed by atoms with Crippen LogP contribution in [0.2, 0.25) is 0 Å². The predicted octanol–water partition coefficient (Wildman–Crippen LogP) is 2.22. The second kappa shape index (κ2) is 6.89. The predicted molar refractivity (Wildman–Crippen MR) is 69.3 cm³/mol. The van der Waals surface area contributed by atoms with Crippen LogP contribution in [0, 0.1) is 11.8 Å². The first-order valence-corrected chi connectivity index (χ1v) is 6.07. The van der Waals surface area contributed by atoms with Gasteiger partial charge >= 0.3 is 0 Å². The molecule has 1 rings (SSSR count). The molecule has 0 aliphatic rings. The van der Waals surface area contributed by atoms with Gasteiger partial charge in [0.25, 0.3) is 0 Å². The third-order valence-corrected chi connectivity index (χ3v) is 3.15. The lowest BCUT2D eigenvalue weighted by atomic mass is 9.94. The van der Waals surface area contributed by atoms with Crippen molar-refractivity contribution in [2.75, 3.05) is 6.54 Å². The van der Waals surface area contributed by atoms with E-state index in [-0.39, 0.29) is 5.91 Å². The van der Waals surface area contributed by atoms with Gasteiger partial charge in [0, 0.05) is 12.6 Å². The second-order valence-electron chi connectivity index (χ2n) is 4.45. The van der Waals surface area contributed by atoms with Crippen molar-refractivity contribution in [1.82, 2.24) is 15.3 Å². The maximum absolute atomic E-state index is 11.5. The van der Waals surface area contributed by atoms with Crippen molar-refractivity contribution >= 4 is 12.0 Å². The Balaban J connectivity index is 2.30. The fourth-order valence-electron chi connectivity index (χ4n) is 1.45. The lowest BCUT2D eigenvalue weighted by Crippen LogP contribution is -2.29. The summed E-state index contributed by atoms with van der Waals surface area (Å²) >= 11 is 0. The lowest BCUT2D eigenvalue weighted by molar-refractivity contribution is -0.116. The maximum Gasteiger partial charge on any atom is 0.244 e. The van der Waals surface area contributed by atoms with E-state index in [4.69, 9.17) is 0 Å². The molecule has 2 N–H and O–H groups in total. The molecule has 17 heavy (non-hydrogen) atoms. The fourth-order valence-corrected chi connectivity index (χ4v) is 1.45. The minimum Gasteiger partial charge on any atom is -0.352 e. The van der Waals surface area contributed by atoms with Crippen molar-refractivity contribution in [3.8, 4) is 0 Å². The summed E-state index contributed by atoms with van der Waals surface area (Å²) in [5.74, 6) is 1.08. The fraction of sp³-hybridized carbons (Fsp3) is 0.538. The average Bonchev–Trinajstić information content (AvgIpc) is 2.85. The van der Waals surface area contributed by atoms with E-state index in [1.165, 1.54) is 6.08 Å². The van der Waals surface area contributed by atoms with E-state index in [2.05, 4.69) is 36.1 Å². The van der Waals surface area contributed by atoms with E-state index in [9.17, 15) is 4.79 Å². The SMILES string of the molecule is CCC(C)C(C)CNC(=O)/C=C/c1cnc[nH]1. The molecule has 0 saturated heterocycles. The number of rotatable bonds is 6. The highest BCUT2D eigenvalue weighted by Crippen LogP contribution is 2.12. The average molecular weight is 235 g/mol. The summed E-state index contributed by atoms with van der Waals surface area (Å²) in [7, 11) is 0. The highest BCUT2D eigenvalue weighted by molar-refractivity contribution is 5.91. The number of imidazole rings is 1. The molecule has 94 valence electrons. The van der Waals surface area contributed by atoms with E-state index < -0.39 is 0 Å². The number of amides is 1. The van der Waals surface area contributed by atoms with Crippen molar-refractivity contribution in [3.63, 3.8) is 0 Å². The number of nitrogens with zero attached hydrogens (tertiary/aromatic N) is 1. The van der Waals surface area contributed by atoms with E-state index in [1.807, 2.05) is 0 Å². The Morgan fingerprint density at radius 2 is 2.29 bits per heavy atom. The molecule has 0 aliphatic carbocycles. The molecule has 1 heterocycles. The number of aromatic amines is 1. The third kappa shape index (κ3) is 4.85. The van der Waals surface area contributed by atoms with Gasteiger partial charge in [-0.25, -0.2) is 4.98 Å². The summed E-state index contributed by atoms with van der Waals surface area (Å²) < 4.78 is 0. The minimum absolute atomic E-state index is 0.0604.